The highest BCUT2D eigenvalue weighted by molar-refractivity contribution is 7.87. The van der Waals surface area contributed by atoms with Gasteiger partial charge in [-0.3, -0.25) is 4.55 Å². The van der Waals surface area contributed by atoms with Crippen LogP contribution in [0.3, 0.4) is 0 Å². The van der Waals surface area contributed by atoms with E-state index in [9.17, 15) is 8.42 Å². The molecule has 0 heterocycles. The van der Waals surface area contributed by atoms with E-state index < -0.39 is 14.8 Å². The maximum absolute atomic E-state index is 9.75. The van der Waals surface area contributed by atoms with Crippen molar-refractivity contribution in [1.29, 1.82) is 0 Å². The van der Waals surface area contributed by atoms with Gasteiger partial charge in [-0.25, -0.2) is 0 Å². The third-order valence-corrected chi connectivity index (χ3v) is 1.91. The molecule has 1 N–H and O–H groups in total. The summed E-state index contributed by atoms with van der Waals surface area (Å²) in [6, 6.07) is 0. The van der Waals surface area contributed by atoms with Crippen LogP contribution >= 0.6 is 24.0 Å². The fourth-order valence-electron chi connectivity index (χ4n) is 0. The van der Waals surface area contributed by atoms with Gasteiger partial charge in [-0.05, 0) is 6.92 Å². The summed E-state index contributed by atoms with van der Waals surface area (Å²) in [7, 11) is -3.98. The second-order valence-corrected chi connectivity index (χ2v) is 3.71. The van der Waals surface area contributed by atoms with E-state index in [0.29, 0.717) is 0 Å². The Morgan fingerprint density at radius 1 is 1.62 bits per heavy atom. The monoisotopic (exact) mass is 180 g/mol. The van der Waals surface area contributed by atoms with Crippen molar-refractivity contribution in [2.75, 3.05) is 0 Å². The minimum Gasteiger partial charge on any atom is -0.284 e. The first-order chi connectivity index (χ1) is 2.94. The van der Waals surface area contributed by atoms with E-state index in [-0.39, 0.29) is 12.4 Å². The molecule has 0 aliphatic rings. The van der Waals surface area contributed by atoms with Crippen molar-refractivity contribution < 1.29 is 13.0 Å². The number of alkyl halides is 1. The maximum Gasteiger partial charge on any atom is 0.281 e. The highest BCUT2D eigenvalue weighted by atomic mass is 35.5. The average Bonchev–Trinajstić information content (AvgIpc) is 1.31. The summed E-state index contributed by atoms with van der Waals surface area (Å²) >= 11 is 4.92. The molecule has 0 aromatic carbocycles. The molecule has 1 unspecified atom stereocenters. The van der Waals surface area contributed by atoms with E-state index in [1.807, 2.05) is 0 Å². The minimum absolute atomic E-state index is 0. The third kappa shape index (κ3) is 4.64. The van der Waals surface area contributed by atoms with Crippen LogP contribution in [-0.2, 0) is 10.1 Å². The molecule has 0 saturated heterocycles. The lowest BCUT2D eigenvalue weighted by Gasteiger charge is -1.92. The van der Waals surface area contributed by atoms with E-state index >= 15 is 0 Å². The van der Waals surface area contributed by atoms with Crippen LogP contribution in [0.25, 0.3) is 0 Å². The number of rotatable bonds is 1. The molecule has 0 aromatic heterocycles. The van der Waals surface area contributed by atoms with Gasteiger partial charge in [-0.1, -0.05) is 0 Å². The Labute approximate surface area is 59.2 Å². The highest BCUT2D eigenvalue weighted by Crippen LogP contribution is 1.99. The SMILES string of the molecule is CC(Cl)S(=O)(=O)O.Cl. The summed E-state index contributed by atoms with van der Waals surface area (Å²) in [6.07, 6.45) is 0. The van der Waals surface area contributed by atoms with Crippen molar-refractivity contribution in [2.45, 2.75) is 11.6 Å². The summed E-state index contributed by atoms with van der Waals surface area (Å²) in [6.45, 7) is 1.18. The van der Waals surface area contributed by atoms with Crippen molar-refractivity contribution in [3.8, 4) is 0 Å². The molecule has 0 saturated carbocycles. The second kappa shape index (κ2) is 3.50. The van der Waals surface area contributed by atoms with E-state index in [2.05, 4.69) is 0 Å². The molecule has 0 radical (unpaired) electrons. The molecule has 1 atom stereocenters. The molecule has 0 rings (SSSR count). The van der Waals surface area contributed by atoms with Crippen molar-refractivity contribution in [3.05, 3.63) is 0 Å². The lowest BCUT2D eigenvalue weighted by atomic mass is 11.0. The fraction of sp³-hybridized carbons (Fsp3) is 1.00. The molecule has 0 aliphatic carbocycles. The highest BCUT2D eigenvalue weighted by Gasteiger charge is 2.11. The largest absolute Gasteiger partial charge is 0.284 e. The molecule has 0 amide bonds. The Morgan fingerprint density at radius 3 is 1.75 bits per heavy atom. The predicted octanol–water partition coefficient (Wildman–Crippen LogP) is 0.881. The van der Waals surface area contributed by atoms with Gasteiger partial charge in [0, 0.05) is 0 Å². The van der Waals surface area contributed by atoms with E-state index in [0.717, 1.165) is 0 Å². The second-order valence-electron chi connectivity index (χ2n) is 1.06. The van der Waals surface area contributed by atoms with Gasteiger partial charge in [0.05, 0.1) is 0 Å². The quantitative estimate of drug-likeness (QED) is 0.482. The number of halogens is 2. The van der Waals surface area contributed by atoms with Gasteiger partial charge in [-0.2, -0.15) is 8.42 Å². The topological polar surface area (TPSA) is 54.4 Å². The van der Waals surface area contributed by atoms with E-state index in [1.165, 1.54) is 6.92 Å². The molecule has 0 bridgehead atoms. The third-order valence-electron chi connectivity index (χ3n) is 0.410. The van der Waals surface area contributed by atoms with Gasteiger partial charge in [0.1, 0.15) is 0 Å². The Balaban J connectivity index is 0. The Morgan fingerprint density at radius 2 is 1.75 bits per heavy atom. The van der Waals surface area contributed by atoms with Crippen LogP contribution < -0.4 is 0 Å². The number of hydrogen-bond donors (Lipinski definition) is 1. The van der Waals surface area contributed by atoms with E-state index in [1.54, 1.807) is 0 Å². The van der Waals surface area contributed by atoms with Crippen LogP contribution in [0.2, 0.25) is 0 Å². The van der Waals surface area contributed by atoms with Gasteiger partial charge in [0.25, 0.3) is 10.1 Å². The number of hydrogen-bond acceptors (Lipinski definition) is 2. The van der Waals surface area contributed by atoms with Crippen molar-refractivity contribution in [2.24, 2.45) is 0 Å². The van der Waals surface area contributed by atoms with Gasteiger partial charge >= 0.3 is 0 Å². The van der Waals surface area contributed by atoms with Crippen LogP contribution in [0.5, 0.6) is 0 Å². The Kier molecular flexibility index (Phi) is 4.95. The van der Waals surface area contributed by atoms with Crippen LogP contribution in [0.15, 0.2) is 0 Å². The van der Waals surface area contributed by atoms with Gasteiger partial charge in [0.15, 0.2) is 4.71 Å². The fourth-order valence-corrected chi connectivity index (χ4v) is 0. The van der Waals surface area contributed by atoms with Crippen LogP contribution in [0, 0.1) is 0 Å². The normalized spacial score (nSPS) is 14.4. The van der Waals surface area contributed by atoms with Crippen LogP contribution in [0.1, 0.15) is 6.92 Å². The molecule has 0 aromatic rings. The van der Waals surface area contributed by atoms with Gasteiger partial charge in [-0.15, -0.1) is 24.0 Å². The predicted molar refractivity (Wildman–Crippen MR) is 34.1 cm³/mol. The summed E-state index contributed by atoms with van der Waals surface area (Å²) in [4.78, 5) is 0. The zero-order valence-corrected chi connectivity index (χ0v) is 6.42. The average molecular weight is 181 g/mol. The summed E-state index contributed by atoms with van der Waals surface area (Å²) in [5.74, 6) is 0. The summed E-state index contributed by atoms with van der Waals surface area (Å²) in [5.41, 5.74) is 0. The molecule has 8 heavy (non-hydrogen) atoms. The van der Waals surface area contributed by atoms with Crippen molar-refractivity contribution in [3.63, 3.8) is 0 Å². The molecule has 6 heteroatoms. The maximum atomic E-state index is 9.75. The van der Waals surface area contributed by atoms with Crippen LogP contribution in [-0.4, -0.2) is 17.7 Å². The first-order valence-electron chi connectivity index (χ1n) is 1.55. The van der Waals surface area contributed by atoms with E-state index in [4.69, 9.17) is 16.2 Å². The van der Waals surface area contributed by atoms with Gasteiger partial charge < -0.3 is 0 Å². The minimum atomic E-state index is -3.98. The van der Waals surface area contributed by atoms with Crippen LogP contribution in [0.4, 0.5) is 0 Å². The molecule has 0 fully saturated rings. The van der Waals surface area contributed by atoms with Gasteiger partial charge in [0.2, 0.25) is 0 Å². The first kappa shape index (κ1) is 11.3. The first-order valence-corrected chi connectivity index (χ1v) is 3.49. The van der Waals surface area contributed by atoms with Crippen molar-refractivity contribution >= 4 is 34.1 Å². The molecular formula is C2H6Cl2O3S. The molecule has 3 nitrogen and oxygen atoms in total. The molecule has 0 spiro atoms. The standard InChI is InChI=1S/C2H5ClO3S.ClH/c1-2(3)7(4,5)6;/h2H,1H3,(H,4,5,6);1H. The van der Waals surface area contributed by atoms with Crippen molar-refractivity contribution in [1.82, 2.24) is 0 Å². The lowest BCUT2D eigenvalue weighted by Crippen LogP contribution is -2.08. The Hall–Kier alpha value is 0.490. The summed E-state index contributed by atoms with van der Waals surface area (Å²) in [5, 5.41) is 0. The Bertz CT molecular complexity index is 137. The zero-order chi connectivity index (χ0) is 6.08. The smallest absolute Gasteiger partial charge is 0.281 e. The zero-order valence-electron chi connectivity index (χ0n) is 4.04. The lowest BCUT2D eigenvalue weighted by molar-refractivity contribution is 0.481. The molecular weight excluding hydrogens is 175 g/mol. The molecule has 52 valence electrons. The molecule has 0 aliphatic heterocycles. The summed E-state index contributed by atoms with van der Waals surface area (Å²) < 4.78 is 26.2.